The summed E-state index contributed by atoms with van der Waals surface area (Å²) in [5.74, 6) is -3.84. The van der Waals surface area contributed by atoms with Crippen molar-refractivity contribution in [3.8, 4) is 22.9 Å². The van der Waals surface area contributed by atoms with Gasteiger partial charge in [0.2, 0.25) is 0 Å². The lowest BCUT2D eigenvalue weighted by molar-refractivity contribution is -0.202. The van der Waals surface area contributed by atoms with Crippen molar-refractivity contribution in [3.63, 3.8) is 0 Å². The average molecular weight is 454 g/mol. The van der Waals surface area contributed by atoms with Crippen molar-refractivity contribution >= 4 is 28.6 Å². The fraction of sp³-hybridized carbons (Fsp3) is 0.0952. The number of fused-ring (bicyclic) bond motifs is 1. The SMILES string of the molecule is N#CC(OC(=O)C(F)(F)F)C(=O)Nc1cccc(-c2cnn(-c3ccnc4[nH]ccc34)c2)c1. The molecule has 0 radical (unpaired) electrons. The Hall–Kier alpha value is -4.66. The van der Waals surface area contributed by atoms with E-state index in [0.717, 1.165) is 11.1 Å². The number of pyridine rings is 1. The van der Waals surface area contributed by atoms with Crippen LogP contribution in [0.4, 0.5) is 18.9 Å². The number of anilines is 1. The molecule has 9 nitrogen and oxygen atoms in total. The van der Waals surface area contributed by atoms with Gasteiger partial charge in [0.1, 0.15) is 11.7 Å². The van der Waals surface area contributed by atoms with Gasteiger partial charge < -0.3 is 15.0 Å². The highest BCUT2D eigenvalue weighted by Crippen LogP contribution is 2.26. The smallest absolute Gasteiger partial charge is 0.430 e. The second kappa shape index (κ2) is 8.46. The number of nitrogens with zero attached hydrogens (tertiary/aromatic N) is 4. The maximum atomic E-state index is 12.3. The molecule has 0 aliphatic carbocycles. The van der Waals surface area contributed by atoms with Gasteiger partial charge in [0.25, 0.3) is 12.0 Å². The monoisotopic (exact) mass is 454 g/mol. The predicted molar refractivity (Wildman–Crippen MR) is 109 cm³/mol. The first-order chi connectivity index (χ1) is 15.8. The average Bonchev–Trinajstić information content (AvgIpc) is 3.46. The van der Waals surface area contributed by atoms with E-state index in [1.165, 1.54) is 18.2 Å². The summed E-state index contributed by atoms with van der Waals surface area (Å²) in [5.41, 5.74) is 3.00. The number of ether oxygens (including phenoxy) is 1. The number of halogens is 3. The predicted octanol–water partition coefficient (Wildman–Crippen LogP) is 3.35. The topological polar surface area (TPSA) is 126 Å². The van der Waals surface area contributed by atoms with Crippen LogP contribution < -0.4 is 5.32 Å². The van der Waals surface area contributed by atoms with E-state index in [2.05, 4.69) is 25.1 Å². The summed E-state index contributed by atoms with van der Waals surface area (Å²) < 4.78 is 42.6. The molecule has 1 atom stereocenters. The maximum absolute atomic E-state index is 12.3. The molecule has 0 spiro atoms. The van der Waals surface area contributed by atoms with Crippen LogP contribution in [0.1, 0.15) is 0 Å². The summed E-state index contributed by atoms with van der Waals surface area (Å²) in [6.45, 7) is 0. The summed E-state index contributed by atoms with van der Waals surface area (Å²) >= 11 is 0. The molecule has 0 saturated heterocycles. The highest BCUT2D eigenvalue weighted by atomic mass is 19.4. The third-order valence-corrected chi connectivity index (χ3v) is 4.54. The van der Waals surface area contributed by atoms with Gasteiger partial charge in [0, 0.05) is 35.2 Å². The molecule has 2 N–H and O–H groups in total. The van der Waals surface area contributed by atoms with E-state index in [9.17, 15) is 22.8 Å². The Morgan fingerprint density at radius 1 is 1.21 bits per heavy atom. The van der Waals surface area contributed by atoms with Gasteiger partial charge >= 0.3 is 12.1 Å². The number of rotatable bonds is 5. The van der Waals surface area contributed by atoms with Crippen molar-refractivity contribution in [2.75, 3.05) is 5.32 Å². The van der Waals surface area contributed by atoms with Crippen LogP contribution in [0, 0.1) is 11.3 Å². The van der Waals surface area contributed by atoms with Gasteiger partial charge in [-0.3, -0.25) is 4.79 Å². The Bertz CT molecular complexity index is 1390. The maximum Gasteiger partial charge on any atom is 0.490 e. The molecule has 166 valence electrons. The highest BCUT2D eigenvalue weighted by Gasteiger charge is 2.43. The van der Waals surface area contributed by atoms with Gasteiger partial charge in [-0.1, -0.05) is 12.1 Å². The van der Waals surface area contributed by atoms with Crippen LogP contribution in [-0.2, 0) is 14.3 Å². The molecule has 3 aromatic heterocycles. The van der Waals surface area contributed by atoms with Crippen molar-refractivity contribution in [1.82, 2.24) is 19.7 Å². The molecule has 0 aliphatic heterocycles. The zero-order valence-electron chi connectivity index (χ0n) is 16.5. The number of hydrogen-bond acceptors (Lipinski definition) is 6. The number of benzene rings is 1. The van der Waals surface area contributed by atoms with Gasteiger partial charge in [-0.25, -0.2) is 14.5 Å². The molecule has 3 heterocycles. The molecule has 0 aliphatic rings. The minimum absolute atomic E-state index is 0.186. The summed E-state index contributed by atoms with van der Waals surface area (Å²) in [7, 11) is 0. The first-order valence-electron chi connectivity index (χ1n) is 9.32. The Kier molecular flexibility index (Phi) is 5.53. The number of esters is 1. The van der Waals surface area contributed by atoms with Gasteiger partial charge in [0.05, 0.1) is 11.9 Å². The Morgan fingerprint density at radius 3 is 2.79 bits per heavy atom. The lowest BCUT2D eigenvalue weighted by Gasteiger charge is -2.13. The van der Waals surface area contributed by atoms with Crippen molar-refractivity contribution < 1.29 is 27.5 Å². The first-order valence-corrected chi connectivity index (χ1v) is 9.32. The number of alkyl halides is 3. The van der Waals surface area contributed by atoms with Gasteiger partial charge in [0.15, 0.2) is 0 Å². The number of carbonyl (C=O) groups excluding carboxylic acids is 2. The quantitative estimate of drug-likeness (QED) is 0.446. The summed E-state index contributed by atoms with van der Waals surface area (Å²) in [4.78, 5) is 30.3. The minimum atomic E-state index is -5.32. The molecule has 33 heavy (non-hydrogen) atoms. The van der Waals surface area contributed by atoms with Crippen LogP contribution in [0.5, 0.6) is 0 Å². The van der Waals surface area contributed by atoms with Crippen molar-refractivity contribution in [3.05, 3.63) is 61.2 Å². The molecule has 1 aromatic carbocycles. The number of aromatic amines is 1. The number of nitriles is 1. The largest absolute Gasteiger partial charge is 0.490 e. The minimum Gasteiger partial charge on any atom is -0.430 e. The lowest BCUT2D eigenvalue weighted by Crippen LogP contribution is -2.36. The van der Waals surface area contributed by atoms with E-state index in [4.69, 9.17) is 5.26 Å². The second-order valence-electron chi connectivity index (χ2n) is 6.73. The zero-order chi connectivity index (χ0) is 23.6. The number of aromatic nitrogens is 4. The van der Waals surface area contributed by atoms with Crippen LogP contribution in [0.2, 0.25) is 0 Å². The molecule has 1 amide bonds. The summed E-state index contributed by atoms with van der Waals surface area (Å²) in [6.07, 6.45) is -0.826. The fourth-order valence-corrected chi connectivity index (χ4v) is 3.05. The number of H-pyrrole nitrogens is 1. The standard InChI is InChI=1S/C21H13F3N6O3/c22-21(23,24)20(32)33-17(9-25)19(31)29-14-3-1-2-12(8-14)13-10-28-30(11-13)16-5-7-27-18-15(16)4-6-26-18/h1-8,10-11,17H,(H,26,27)(H,29,31). The number of carbonyl (C=O) groups is 2. The third kappa shape index (κ3) is 4.52. The van der Waals surface area contributed by atoms with Crippen LogP contribution >= 0.6 is 0 Å². The van der Waals surface area contributed by atoms with Crippen molar-refractivity contribution in [1.29, 1.82) is 5.26 Å². The summed E-state index contributed by atoms with van der Waals surface area (Å²) in [5, 5.41) is 16.4. The molecule has 0 bridgehead atoms. The molecule has 4 rings (SSSR count). The number of hydrogen-bond donors (Lipinski definition) is 2. The molecule has 0 fully saturated rings. The third-order valence-electron chi connectivity index (χ3n) is 4.54. The van der Waals surface area contributed by atoms with E-state index < -0.39 is 24.2 Å². The van der Waals surface area contributed by atoms with E-state index >= 15 is 0 Å². The summed E-state index contributed by atoms with van der Waals surface area (Å²) in [6, 6.07) is 11.2. The molecule has 0 saturated carbocycles. The van der Waals surface area contributed by atoms with E-state index in [1.54, 1.807) is 47.7 Å². The zero-order valence-corrected chi connectivity index (χ0v) is 16.5. The molecular weight excluding hydrogens is 441 g/mol. The van der Waals surface area contributed by atoms with Crippen LogP contribution in [-0.4, -0.2) is 43.9 Å². The van der Waals surface area contributed by atoms with Gasteiger partial charge in [-0.15, -0.1) is 0 Å². The van der Waals surface area contributed by atoms with Gasteiger partial charge in [-0.05, 0) is 29.8 Å². The first kappa shape index (κ1) is 21.6. The van der Waals surface area contributed by atoms with Crippen LogP contribution in [0.15, 0.2) is 61.2 Å². The van der Waals surface area contributed by atoms with E-state index in [0.29, 0.717) is 16.8 Å². The van der Waals surface area contributed by atoms with Gasteiger partial charge in [-0.2, -0.15) is 23.5 Å². The normalized spacial score (nSPS) is 12.2. The fourth-order valence-electron chi connectivity index (χ4n) is 3.05. The lowest BCUT2D eigenvalue weighted by atomic mass is 10.1. The molecule has 4 aromatic rings. The molecule has 12 heteroatoms. The number of nitrogens with one attached hydrogen (secondary N) is 2. The van der Waals surface area contributed by atoms with Crippen molar-refractivity contribution in [2.24, 2.45) is 0 Å². The Balaban J connectivity index is 1.53. The number of amides is 1. The Labute approximate surface area is 183 Å². The molecular formula is C21H13F3N6O3. The van der Waals surface area contributed by atoms with Crippen molar-refractivity contribution in [2.45, 2.75) is 12.3 Å². The second-order valence-corrected chi connectivity index (χ2v) is 6.73. The van der Waals surface area contributed by atoms with Crippen LogP contribution in [0.25, 0.3) is 27.8 Å². The molecule has 1 unspecified atom stereocenters. The van der Waals surface area contributed by atoms with Crippen LogP contribution in [0.3, 0.4) is 0 Å². The van der Waals surface area contributed by atoms with E-state index in [-0.39, 0.29) is 5.69 Å². The highest BCUT2D eigenvalue weighted by molar-refractivity contribution is 5.98. The Morgan fingerprint density at radius 2 is 2.03 bits per heavy atom. The van der Waals surface area contributed by atoms with E-state index in [1.807, 2.05) is 6.07 Å².